The Kier molecular flexibility index (Phi) is 27.3. The van der Waals surface area contributed by atoms with Crippen LogP contribution in [0.3, 0.4) is 0 Å². The van der Waals surface area contributed by atoms with Crippen molar-refractivity contribution in [1.29, 1.82) is 0 Å². The van der Waals surface area contributed by atoms with Crippen LogP contribution in [-0.4, -0.2) is 217 Å². The Bertz CT molecular complexity index is 5510. The van der Waals surface area contributed by atoms with Gasteiger partial charge in [-0.1, -0.05) is 117 Å². The molecule has 18 rings (SSSR count). The highest BCUT2D eigenvalue weighted by molar-refractivity contribution is 14.1. The van der Waals surface area contributed by atoms with Gasteiger partial charge in [0.25, 0.3) is 17.7 Å². The summed E-state index contributed by atoms with van der Waals surface area (Å²) in [5.74, 6) is 0.0433. The number of aryl methyl sites for hydroxylation is 4. The number of nitrogens with zero attached hydrogens (tertiary/aromatic N) is 15. The number of ketones is 2. The number of carbonyl (C=O) groups excluding carboxylic acids is 5. The number of piperazine rings is 2. The molecular formula is C85H87BIN16O9S2. The van der Waals surface area contributed by atoms with Crippen molar-refractivity contribution in [3.05, 3.63) is 253 Å². The first kappa shape index (κ1) is 82.0. The van der Waals surface area contributed by atoms with E-state index in [1.165, 1.54) is 22.7 Å². The summed E-state index contributed by atoms with van der Waals surface area (Å²) in [4.78, 5) is 90.4. The van der Waals surface area contributed by atoms with Gasteiger partial charge in [0.2, 0.25) is 0 Å². The van der Waals surface area contributed by atoms with Gasteiger partial charge in [-0.05, 0) is 121 Å². The number of hydrogen-bond donors (Lipinski definition) is 3. The van der Waals surface area contributed by atoms with Crippen molar-refractivity contribution in [2.45, 2.75) is 33.4 Å². The van der Waals surface area contributed by atoms with Crippen LogP contribution in [-0.2, 0) is 28.2 Å². The fraction of sp³-hybridized carbons (Fsp3) is 0.247. The lowest BCUT2D eigenvalue weighted by Crippen LogP contribution is -2.64. The molecule has 3 N–H and O–H groups in total. The number of carbonyl (C=O) groups is 6. The number of Topliss-reactive ketones (excluding diaryl/α,β-unsaturated/α-hetero) is 2. The second kappa shape index (κ2) is 37.9. The van der Waals surface area contributed by atoms with Crippen LogP contribution in [0.5, 0.6) is 5.75 Å². The molecule has 4 saturated heterocycles. The summed E-state index contributed by atoms with van der Waals surface area (Å²) in [7, 11) is 8.27. The number of hydrogen-bond acceptors (Lipinski definition) is 19. The Morgan fingerprint density at radius 1 is 0.447 bits per heavy atom. The third-order valence-electron chi connectivity index (χ3n) is 20.1. The van der Waals surface area contributed by atoms with Crippen molar-refractivity contribution in [1.82, 2.24) is 78.9 Å². The number of fused-ring (bicyclic) bond motifs is 4. The Morgan fingerprint density at radius 3 is 1.18 bits per heavy atom. The fourth-order valence-electron chi connectivity index (χ4n) is 13.8. The van der Waals surface area contributed by atoms with Crippen LogP contribution in [0.1, 0.15) is 82.3 Å². The molecule has 25 nitrogen and oxygen atoms in total. The van der Waals surface area contributed by atoms with E-state index in [-0.39, 0.29) is 42.3 Å². The normalized spacial score (nSPS) is 14.2. The zero-order valence-electron chi connectivity index (χ0n) is 63.2. The van der Waals surface area contributed by atoms with Crippen LogP contribution in [0, 0.1) is 3.70 Å². The molecule has 8 aromatic carbocycles. The van der Waals surface area contributed by atoms with Crippen molar-refractivity contribution in [2.24, 2.45) is 28.2 Å². The van der Waals surface area contributed by atoms with Crippen molar-refractivity contribution in [2.75, 3.05) is 78.5 Å². The monoisotopic (exact) mass is 1680 g/mol. The van der Waals surface area contributed by atoms with Gasteiger partial charge in [0.15, 0.2) is 21.6 Å². The van der Waals surface area contributed by atoms with Crippen molar-refractivity contribution >= 4 is 132 Å². The molecule has 0 bridgehead atoms. The minimum Gasteiger partial charge on any atom is -0.537 e. The summed E-state index contributed by atoms with van der Waals surface area (Å²) in [6.07, 6.45) is 3.36. The third kappa shape index (κ3) is 19.2. The number of carboxylic acid groups (broad SMARTS) is 1. The van der Waals surface area contributed by atoms with Crippen LogP contribution in [0.4, 0.5) is 0 Å². The lowest BCUT2D eigenvalue weighted by Gasteiger charge is -2.48. The number of benzene rings is 8. The molecule has 4 aliphatic heterocycles. The molecule has 6 aromatic heterocycles. The number of rotatable bonds is 13. The summed E-state index contributed by atoms with van der Waals surface area (Å²) in [6.45, 7) is 13.5. The van der Waals surface area contributed by atoms with Crippen LogP contribution in [0.2, 0.25) is 0 Å². The maximum atomic E-state index is 13.2. The highest BCUT2D eigenvalue weighted by Gasteiger charge is 2.38. The maximum absolute atomic E-state index is 13.2. The summed E-state index contributed by atoms with van der Waals surface area (Å²) in [5.41, 5.74) is 12.1. The Balaban J connectivity index is 0.000000133. The second-order valence-electron chi connectivity index (χ2n) is 27.3. The Labute approximate surface area is 682 Å². The standard InChI is InChI=1S/C26H26N6O2S.C16H14N2O.C15H12N2O2.C11H16N4OS.C10H9IN2O.C6H6BO2.CH4/c1-29-22-8-7-19(15-21(22)23(28-29)18-5-3-2-4-6-18)25(33)32-16-20(17-32)30-10-12-31(13-11-30)26(34)24-27-9-14-35-24;1-11(19)13-8-9-15-14(10-13)16(17-18(15)2)12-6-4-3-5-7-12;1-17-13-8-7-11(15(18)19)9-12(13)14(16-17)10-5-3-2-4-6-10;16-11(10-13-1-6-17-10)15-4-2-14(3-5-15)9-7-12-8-9;1-6(14)7-3-4-9-8(5-7)10(11)12-13(9)2;8-7-9-6-4-2-1-3-5-6;/h2-9,14-15,20H,10-13,16-17H2,1H3;3-10H,1-2H3;2-9H,1H3,(H,18,19);1,6,9,12H,2-5,7-8H2;3-5H,1-2H3;1-5,8H;1H4. The molecule has 1 radical (unpaired) electrons. The van der Waals surface area contributed by atoms with E-state index in [0.717, 1.165) is 158 Å². The number of carboxylic acids is 1. The van der Waals surface area contributed by atoms with Gasteiger partial charge in [-0.3, -0.25) is 52.5 Å². The molecule has 4 fully saturated rings. The van der Waals surface area contributed by atoms with Crippen LogP contribution in [0.25, 0.3) is 77.4 Å². The highest BCUT2D eigenvalue weighted by atomic mass is 127. The molecule has 0 atom stereocenters. The molecule has 3 amide bonds. The van der Waals surface area contributed by atoms with E-state index < -0.39 is 5.97 Å². The van der Waals surface area contributed by atoms with Gasteiger partial charge in [0, 0.05) is 197 Å². The quantitative estimate of drug-likeness (QED) is 0.0549. The first-order valence-electron chi connectivity index (χ1n) is 36.8. The van der Waals surface area contributed by atoms with Gasteiger partial charge >= 0.3 is 13.7 Å². The van der Waals surface area contributed by atoms with Gasteiger partial charge in [-0.2, -0.15) is 20.4 Å². The molecule has 583 valence electrons. The molecule has 0 aliphatic carbocycles. The van der Waals surface area contributed by atoms with E-state index in [9.17, 15) is 28.8 Å². The van der Waals surface area contributed by atoms with Gasteiger partial charge in [0.05, 0.1) is 33.4 Å². The average Bonchev–Trinajstić information content (AvgIpc) is 1.55. The number of likely N-dealkylation sites (tertiary alicyclic amines) is 1. The van der Waals surface area contributed by atoms with Gasteiger partial charge < -0.3 is 34.8 Å². The van der Waals surface area contributed by atoms with Gasteiger partial charge in [-0.25, -0.2) is 14.8 Å². The average molecular weight is 1680 g/mol. The Morgan fingerprint density at radius 2 is 0.807 bits per heavy atom. The molecular weight excluding hydrogens is 1590 g/mol. The largest absolute Gasteiger partial charge is 0.569 e. The molecule has 0 saturated carbocycles. The number of thiazole rings is 2. The summed E-state index contributed by atoms with van der Waals surface area (Å²) >= 11 is 4.98. The number of amides is 3. The number of nitrogens with one attached hydrogen (secondary N) is 1. The van der Waals surface area contributed by atoms with Gasteiger partial charge in [0.1, 0.15) is 20.8 Å². The SMILES string of the molecule is C.CC(=O)c1ccc2c(c1)c(-c1ccccc1)nn2C.CC(=O)c1ccc2c(c1)c(I)nn2C.Cn1nc(-c2ccccc2)c2cc(C(=O)N3CC(N4CCN(C(=O)c5nccs5)CC4)C3)ccc21.Cn1nc(-c2ccccc2)c2cc(C(=O)O)ccc21.O=C(c1nccs1)N1CCN(C2CNC2)CC1.O[B]Oc1ccccc1. The van der Waals surface area contributed by atoms with Crippen molar-refractivity contribution in [3.63, 3.8) is 0 Å². The lowest BCUT2D eigenvalue weighted by molar-refractivity contribution is 0.00851. The van der Waals surface area contributed by atoms with E-state index in [1.54, 1.807) is 61.3 Å². The van der Waals surface area contributed by atoms with Crippen molar-refractivity contribution in [3.8, 4) is 39.5 Å². The smallest absolute Gasteiger partial charge is 0.537 e. The summed E-state index contributed by atoms with van der Waals surface area (Å²) in [5, 5.41) is 47.3. The molecule has 14 aromatic rings. The zero-order chi connectivity index (χ0) is 79.2. The predicted octanol–water partition coefficient (Wildman–Crippen LogP) is 12.8. The zero-order valence-corrected chi connectivity index (χ0v) is 66.9. The molecule has 0 unspecified atom stereocenters. The molecule has 114 heavy (non-hydrogen) atoms. The minimum atomic E-state index is -0.926. The van der Waals surface area contributed by atoms with E-state index in [0.29, 0.717) is 54.2 Å². The van der Waals surface area contributed by atoms with Crippen LogP contribution in [0.15, 0.2) is 217 Å². The van der Waals surface area contributed by atoms with Crippen LogP contribution >= 0.6 is 45.3 Å². The van der Waals surface area contributed by atoms with Crippen LogP contribution < -0.4 is 9.97 Å². The van der Waals surface area contributed by atoms with E-state index in [1.807, 2.05) is 231 Å². The molecule has 4 aliphatic rings. The molecule has 29 heteroatoms. The topological polar surface area (TPSA) is 277 Å². The number of para-hydroxylation sites is 1. The van der Waals surface area contributed by atoms with E-state index in [2.05, 4.69) is 67.6 Å². The van der Waals surface area contributed by atoms with Crippen molar-refractivity contribution < 1.29 is 43.6 Å². The number of aromatic nitrogens is 10. The van der Waals surface area contributed by atoms with E-state index in [4.69, 9.17) is 15.2 Å². The lowest BCUT2D eigenvalue weighted by atomic mass is 10.0. The number of halogens is 1. The fourth-order valence-corrected chi connectivity index (χ4v) is 15.7. The first-order chi connectivity index (χ1) is 54.8. The molecule has 10 heterocycles. The third-order valence-corrected chi connectivity index (χ3v) is 22.4. The first-order valence-corrected chi connectivity index (χ1v) is 39.6. The minimum absolute atomic E-state index is 0. The van der Waals surface area contributed by atoms with E-state index >= 15 is 0 Å². The predicted molar refractivity (Wildman–Crippen MR) is 456 cm³/mol. The molecule has 0 spiro atoms. The Hall–Kier alpha value is -11.4. The summed E-state index contributed by atoms with van der Waals surface area (Å²) < 4.78 is 12.9. The summed E-state index contributed by atoms with van der Waals surface area (Å²) in [6, 6.07) is 62.3. The highest BCUT2D eigenvalue weighted by Crippen LogP contribution is 2.33. The maximum Gasteiger partial charge on any atom is 0.569 e. The van der Waals surface area contributed by atoms with Gasteiger partial charge in [-0.15, -0.1) is 22.7 Å². The number of aromatic carboxylic acids is 1. The second-order valence-corrected chi connectivity index (χ2v) is 30.1.